The molecule has 0 saturated heterocycles. The number of aryl methyl sites for hydroxylation is 1. The summed E-state index contributed by atoms with van der Waals surface area (Å²) in [7, 11) is -1.19. The van der Waals surface area contributed by atoms with Gasteiger partial charge in [0, 0.05) is 11.1 Å². The molecular formula is C19H17NOS. The molecule has 0 bridgehead atoms. The van der Waals surface area contributed by atoms with Crippen molar-refractivity contribution in [2.45, 2.75) is 17.1 Å². The number of pyridine rings is 1. The minimum Gasteiger partial charge on any atom is -0.260 e. The summed E-state index contributed by atoms with van der Waals surface area (Å²) in [5.74, 6) is 0. The fraction of sp³-hybridized carbons (Fsp3) is 0.105. The molecule has 2 nitrogen and oxygen atoms in total. The smallest absolute Gasteiger partial charge is 0.106 e. The van der Waals surface area contributed by atoms with Crippen molar-refractivity contribution in [3.63, 3.8) is 0 Å². The zero-order valence-corrected chi connectivity index (χ0v) is 13.2. The Morgan fingerprint density at radius 1 is 0.864 bits per heavy atom. The summed E-state index contributed by atoms with van der Waals surface area (Å²) in [6.45, 7) is 2.03. The van der Waals surface area contributed by atoms with E-state index in [-0.39, 0.29) is 5.25 Å². The molecule has 22 heavy (non-hydrogen) atoms. The third kappa shape index (κ3) is 3.15. The highest BCUT2D eigenvalue weighted by atomic mass is 32.2. The van der Waals surface area contributed by atoms with E-state index in [1.165, 1.54) is 0 Å². The van der Waals surface area contributed by atoms with Crippen molar-refractivity contribution in [1.29, 1.82) is 0 Å². The topological polar surface area (TPSA) is 30.0 Å². The normalized spacial score (nSPS) is 13.5. The third-order valence-corrected chi connectivity index (χ3v) is 5.20. The maximum Gasteiger partial charge on any atom is 0.106 e. The second-order valence-corrected chi connectivity index (χ2v) is 6.69. The van der Waals surface area contributed by atoms with Crippen molar-refractivity contribution >= 4 is 10.8 Å². The van der Waals surface area contributed by atoms with Gasteiger partial charge in [0.15, 0.2) is 0 Å². The van der Waals surface area contributed by atoms with Crippen LogP contribution in [0.5, 0.6) is 0 Å². The van der Waals surface area contributed by atoms with E-state index in [2.05, 4.69) is 4.98 Å². The molecular weight excluding hydrogens is 290 g/mol. The lowest BCUT2D eigenvalue weighted by Gasteiger charge is -2.17. The highest BCUT2D eigenvalue weighted by Gasteiger charge is 2.23. The Kier molecular flexibility index (Phi) is 4.45. The van der Waals surface area contributed by atoms with E-state index in [9.17, 15) is 4.21 Å². The molecule has 2 atom stereocenters. The van der Waals surface area contributed by atoms with Crippen molar-refractivity contribution in [3.8, 4) is 0 Å². The molecule has 3 rings (SSSR count). The van der Waals surface area contributed by atoms with Gasteiger partial charge < -0.3 is 0 Å². The fourth-order valence-corrected chi connectivity index (χ4v) is 3.81. The van der Waals surface area contributed by atoms with Gasteiger partial charge in [-0.3, -0.25) is 9.19 Å². The van der Waals surface area contributed by atoms with Crippen LogP contribution in [-0.2, 0) is 10.8 Å². The molecule has 0 fully saturated rings. The molecule has 0 spiro atoms. The van der Waals surface area contributed by atoms with Crippen LogP contribution in [0.25, 0.3) is 0 Å². The Hall–Kier alpha value is -2.26. The number of nitrogens with zero attached hydrogens (tertiary/aromatic N) is 1. The number of aromatic nitrogens is 1. The standard InChI is InChI=1S/C19H17NOS/c1-15-10-12-17(13-11-15)22(21)19(16-7-3-2-4-8-16)18-9-5-6-14-20-18/h2-14,19H,1H3/t19-,22?/m1/s1. The highest BCUT2D eigenvalue weighted by molar-refractivity contribution is 7.85. The minimum absolute atomic E-state index is 0.259. The number of hydrogen-bond donors (Lipinski definition) is 0. The number of benzene rings is 2. The van der Waals surface area contributed by atoms with Crippen LogP contribution in [0.3, 0.4) is 0 Å². The van der Waals surface area contributed by atoms with E-state index >= 15 is 0 Å². The Balaban J connectivity index is 2.06. The average Bonchev–Trinajstić information content (AvgIpc) is 2.57. The largest absolute Gasteiger partial charge is 0.260 e. The van der Waals surface area contributed by atoms with Gasteiger partial charge in [-0.25, -0.2) is 0 Å². The monoisotopic (exact) mass is 307 g/mol. The summed E-state index contributed by atoms with van der Waals surface area (Å²) in [6, 6.07) is 23.5. The Labute approximate surface area is 133 Å². The summed E-state index contributed by atoms with van der Waals surface area (Å²) in [5, 5.41) is -0.259. The van der Waals surface area contributed by atoms with Gasteiger partial charge in [0.1, 0.15) is 5.25 Å². The molecule has 0 aliphatic heterocycles. The first-order chi connectivity index (χ1) is 10.8. The van der Waals surface area contributed by atoms with Crippen molar-refractivity contribution in [2.75, 3.05) is 0 Å². The van der Waals surface area contributed by atoms with Gasteiger partial charge in [0.2, 0.25) is 0 Å². The Bertz CT molecular complexity index is 715. The second kappa shape index (κ2) is 6.67. The van der Waals surface area contributed by atoms with Gasteiger partial charge in [-0.2, -0.15) is 0 Å². The van der Waals surface area contributed by atoms with Gasteiger partial charge in [-0.1, -0.05) is 54.1 Å². The first-order valence-electron chi connectivity index (χ1n) is 7.19. The van der Waals surface area contributed by atoms with Crippen molar-refractivity contribution in [3.05, 3.63) is 95.8 Å². The zero-order valence-electron chi connectivity index (χ0n) is 12.3. The van der Waals surface area contributed by atoms with Crippen LogP contribution in [0.4, 0.5) is 0 Å². The van der Waals surface area contributed by atoms with Crippen LogP contribution in [0.15, 0.2) is 83.9 Å². The molecule has 0 aliphatic carbocycles. The van der Waals surface area contributed by atoms with Gasteiger partial charge in [0.25, 0.3) is 0 Å². The van der Waals surface area contributed by atoms with E-state index in [1.807, 2.05) is 79.7 Å². The lowest BCUT2D eigenvalue weighted by atomic mass is 10.1. The average molecular weight is 307 g/mol. The first kappa shape index (κ1) is 14.7. The minimum atomic E-state index is -1.19. The van der Waals surface area contributed by atoms with Crippen LogP contribution < -0.4 is 0 Å². The van der Waals surface area contributed by atoms with E-state index in [4.69, 9.17) is 0 Å². The zero-order chi connectivity index (χ0) is 15.4. The van der Waals surface area contributed by atoms with Crippen LogP contribution in [0, 0.1) is 6.92 Å². The molecule has 1 unspecified atom stereocenters. The summed E-state index contributed by atoms with van der Waals surface area (Å²) in [4.78, 5) is 5.25. The van der Waals surface area contributed by atoms with E-state index in [0.717, 1.165) is 21.7 Å². The van der Waals surface area contributed by atoms with Crippen molar-refractivity contribution < 1.29 is 4.21 Å². The van der Waals surface area contributed by atoms with Crippen LogP contribution >= 0.6 is 0 Å². The molecule has 3 aromatic rings. The molecule has 1 aromatic heterocycles. The Morgan fingerprint density at radius 3 is 2.18 bits per heavy atom. The SMILES string of the molecule is Cc1ccc(S(=O)[C@H](c2ccccc2)c2ccccn2)cc1. The van der Waals surface area contributed by atoms with E-state index < -0.39 is 10.8 Å². The van der Waals surface area contributed by atoms with Crippen LogP contribution in [0.2, 0.25) is 0 Å². The molecule has 2 aromatic carbocycles. The molecule has 0 radical (unpaired) electrons. The van der Waals surface area contributed by atoms with E-state index in [1.54, 1.807) is 6.20 Å². The lowest BCUT2D eigenvalue weighted by Crippen LogP contribution is -2.10. The number of hydrogen-bond acceptors (Lipinski definition) is 2. The van der Waals surface area contributed by atoms with Gasteiger partial charge in [0.05, 0.1) is 16.5 Å². The van der Waals surface area contributed by atoms with Gasteiger partial charge >= 0.3 is 0 Å². The summed E-state index contributed by atoms with van der Waals surface area (Å²) in [5.41, 5.74) is 3.00. The number of rotatable bonds is 4. The molecule has 1 heterocycles. The van der Waals surface area contributed by atoms with Crippen molar-refractivity contribution in [1.82, 2.24) is 4.98 Å². The quantitative estimate of drug-likeness (QED) is 0.720. The van der Waals surface area contributed by atoms with Crippen molar-refractivity contribution in [2.24, 2.45) is 0 Å². The summed E-state index contributed by atoms with van der Waals surface area (Å²) < 4.78 is 13.1. The third-order valence-electron chi connectivity index (χ3n) is 3.53. The molecule has 3 heteroatoms. The van der Waals surface area contributed by atoms with Gasteiger partial charge in [-0.05, 0) is 36.8 Å². The summed E-state index contributed by atoms with van der Waals surface area (Å²) >= 11 is 0. The predicted octanol–water partition coefficient (Wildman–Crippen LogP) is 4.29. The summed E-state index contributed by atoms with van der Waals surface area (Å²) in [6.07, 6.45) is 1.75. The first-order valence-corrected chi connectivity index (χ1v) is 8.40. The maximum absolute atomic E-state index is 13.1. The Morgan fingerprint density at radius 2 is 1.55 bits per heavy atom. The second-order valence-electron chi connectivity index (χ2n) is 5.16. The molecule has 0 N–H and O–H groups in total. The van der Waals surface area contributed by atoms with Gasteiger partial charge in [-0.15, -0.1) is 0 Å². The van der Waals surface area contributed by atoms with Crippen LogP contribution in [-0.4, -0.2) is 9.19 Å². The molecule has 0 aliphatic rings. The molecule has 0 saturated carbocycles. The molecule has 0 amide bonds. The predicted molar refractivity (Wildman–Crippen MR) is 90.1 cm³/mol. The highest BCUT2D eigenvalue weighted by Crippen LogP contribution is 2.30. The lowest BCUT2D eigenvalue weighted by molar-refractivity contribution is 0.677. The fourth-order valence-electron chi connectivity index (χ4n) is 2.37. The van der Waals surface area contributed by atoms with Crippen LogP contribution in [0.1, 0.15) is 22.1 Å². The maximum atomic E-state index is 13.1. The van der Waals surface area contributed by atoms with E-state index in [0.29, 0.717) is 0 Å². The molecule has 110 valence electrons.